The largest absolute Gasteiger partial charge is 0.444 e. The standard InChI is InChI=1S/C25H33F2IN4O3Si/c1-25(2,3)35-24(33)31(4)14-16-10-18(26)22(19(27)11-16)20-12-17-21(13-29-20)32(30-23(17)28)15-34-8-9-36(5,6)7/h10-13H,8-9,14-15H2,1-7H3. The molecule has 0 aliphatic carbocycles. The summed E-state index contributed by atoms with van der Waals surface area (Å²) < 4.78 is 43.6. The van der Waals surface area contributed by atoms with E-state index in [-0.39, 0.29) is 24.5 Å². The zero-order valence-corrected chi connectivity index (χ0v) is 24.9. The van der Waals surface area contributed by atoms with Gasteiger partial charge in [0.15, 0.2) is 0 Å². The number of ether oxygens (including phenoxy) is 2. The molecule has 0 saturated carbocycles. The van der Waals surface area contributed by atoms with Gasteiger partial charge in [0.1, 0.15) is 27.7 Å². The van der Waals surface area contributed by atoms with Crippen molar-refractivity contribution in [1.29, 1.82) is 0 Å². The van der Waals surface area contributed by atoms with Crippen molar-refractivity contribution in [3.05, 3.63) is 45.3 Å². The van der Waals surface area contributed by atoms with E-state index in [4.69, 9.17) is 9.47 Å². The molecule has 36 heavy (non-hydrogen) atoms. The first-order valence-corrected chi connectivity index (χ1v) is 16.5. The zero-order valence-electron chi connectivity index (χ0n) is 21.8. The number of nitrogens with zero attached hydrogens (tertiary/aromatic N) is 4. The van der Waals surface area contributed by atoms with E-state index in [1.807, 2.05) is 0 Å². The van der Waals surface area contributed by atoms with Gasteiger partial charge in [0.25, 0.3) is 0 Å². The van der Waals surface area contributed by atoms with Crippen LogP contribution in [0.3, 0.4) is 0 Å². The summed E-state index contributed by atoms with van der Waals surface area (Å²) in [5, 5.41) is 5.24. The topological polar surface area (TPSA) is 69.5 Å². The number of carbonyl (C=O) groups is 1. The summed E-state index contributed by atoms with van der Waals surface area (Å²) >= 11 is 2.09. The Labute approximate surface area is 225 Å². The minimum absolute atomic E-state index is 0.00211. The lowest BCUT2D eigenvalue weighted by Gasteiger charge is -2.24. The fourth-order valence-corrected chi connectivity index (χ4v) is 4.89. The quantitative estimate of drug-likeness (QED) is 0.158. The number of fused-ring (bicyclic) bond motifs is 1. The van der Waals surface area contributed by atoms with Crippen molar-refractivity contribution in [3.63, 3.8) is 0 Å². The van der Waals surface area contributed by atoms with Gasteiger partial charge in [-0.15, -0.1) is 0 Å². The molecule has 0 bridgehead atoms. The summed E-state index contributed by atoms with van der Waals surface area (Å²) in [5.74, 6) is -1.52. The highest BCUT2D eigenvalue weighted by Gasteiger charge is 2.22. The van der Waals surface area contributed by atoms with E-state index in [0.717, 1.165) is 16.9 Å². The Morgan fingerprint density at radius 2 is 1.81 bits per heavy atom. The molecule has 0 unspecified atom stereocenters. The molecule has 196 valence electrons. The van der Waals surface area contributed by atoms with Gasteiger partial charge in [0.2, 0.25) is 0 Å². The maximum absolute atomic E-state index is 15.1. The highest BCUT2D eigenvalue weighted by Crippen LogP contribution is 2.30. The van der Waals surface area contributed by atoms with Gasteiger partial charge < -0.3 is 14.4 Å². The summed E-state index contributed by atoms with van der Waals surface area (Å²) in [6.45, 7) is 13.1. The van der Waals surface area contributed by atoms with Gasteiger partial charge in [0, 0.05) is 33.7 Å². The molecule has 0 aliphatic rings. The molecule has 1 amide bonds. The molecule has 11 heteroatoms. The molecule has 0 N–H and O–H groups in total. The van der Waals surface area contributed by atoms with Crippen LogP contribution >= 0.6 is 22.6 Å². The third kappa shape index (κ3) is 7.45. The first-order valence-electron chi connectivity index (χ1n) is 11.7. The van der Waals surface area contributed by atoms with Gasteiger partial charge in [-0.2, -0.15) is 5.10 Å². The zero-order chi connectivity index (χ0) is 26.8. The summed E-state index contributed by atoms with van der Waals surface area (Å²) in [6.07, 6.45) is 0.987. The maximum atomic E-state index is 15.1. The second kappa shape index (κ2) is 11.1. The van der Waals surface area contributed by atoms with Gasteiger partial charge in [-0.3, -0.25) is 4.98 Å². The number of hydrogen-bond acceptors (Lipinski definition) is 5. The molecule has 3 rings (SSSR count). The Morgan fingerprint density at radius 1 is 1.17 bits per heavy atom. The van der Waals surface area contributed by atoms with Gasteiger partial charge in [-0.25, -0.2) is 18.3 Å². The lowest BCUT2D eigenvalue weighted by atomic mass is 10.1. The van der Waals surface area contributed by atoms with E-state index in [0.29, 0.717) is 15.9 Å². The van der Waals surface area contributed by atoms with Crippen LogP contribution in [0.4, 0.5) is 13.6 Å². The highest BCUT2D eigenvalue weighted by molar-refractivity contribution is 14.1. The van der Waals surface area contributed by atoms with Crippen molar-refractivity contribution in [2.24, 2.45) is 0 Å². The Kier molecular flexibility index (Phi) is 8.77. The van der Waals surface area contributed by atoms with Crippen LogP contribution < -0.4 is 0 Å². The highest BCUT2D eigenvalue weighted by atomic mass is 127. The number of halogens is 3. The van der Waals surface area contributed by atoms with Crippen LogP contribution in [0.2, 0.25) is 25.7 Å². The number of rotatable bonds is 8. The Bertz CT molecular complexity index is 1230. The Morgan fingerprint density at radius 3 is 2.39 bits per heavy atom. The van der Waals surface area contributed by atoms with Crippen LogP contribution in [-0.2, 0) is 22.7 Å². The molecule has 2 heterocycles. The number of hydrogen-bond donors (Lipinski definition) is 0. The van der Waals surface area contributed by atoms with Crippen LogP contribution in [0.1, 0.15) is 26.3 Å². The van der Waals surface area contributed by atoms with Gasteiger partial charge in [0.05, 0.1) is 23.0 Å². The molecule has 0 atom stereocenters. The predicted octanol–water partition coefficient (Wildman–Crippen LogP) is 6.66. The minimum Gasteiger partial charge on any atom is -0.444 e. The fraction of sp³-hybridized carbons (Fsp3) is 0.480. The average molecular weight is 631 g/mol. The van der Waals surface area contributed by atoms with Crippen molar-refractivity contribution in [3.8, 4) is 11.3 Å². The molecule has 3 aromatic rings. The molecule has 0 fully saturated rings. The maximum Gasteiger partial charge on any atom is 0.410 e. The number of pyridine rings is 1. The van der Waals surface area contributed by atoms with Gasteiger partial charge >= 0.3 is 6.09 Å². The van der Waals surface area contributed by atoms with E-state index >= 15 is 8.78 Å². The van der Waals surface area contributed by atoms with Crippen LogP contribution in [0.5, 0.6) is 0 Å². The second-order valence-electron chi connectivity index (χ2n) is 11.0. The lowest BCUT2D eigenvalue weighted by Crippen LogP contribution is -2.33. The average Bonchev–Trinajstić information content (AvgIpc) is 3.04. The third-order valence-corrected chi connectivity index (χ3v) is 7.79. The van der Waals surface area contributed by atoms with Crippen molar-refractivity contribution in [2.45, 2.75) is 65.3 Å². The second-order valence-corrected chi connectivity index (χ2v) is 17.6. The van der Waals surface area contributed by atoms with E-state index < -0.39 is 31.4 Å². The smallest absolute Gasteiger partial charge is 0.410 e. The van der Waals surface area contributed by atoms with E-state index in [1.54, 1.807) is 37.7 Å². The molecular weight excluding hydrogens is 597 g/mol. The number of carbonyl (C=O) groups excluding carboxylic acids is 1. The summed E-state index contributed by atoms with van der Waals surface area (Å²) in [5.41, 5.74) is 0.312. The van der Waals surface area contributed by atoms with Crippen molar-refractivity contribution >= 4 is 47.7 Å². The first-order chi connectivity index (χ1) is 16.6. The minimum atomic E-state index is -1.19. The van der Waals surface area contributed by atoms with Crippen LogP contribution in [0, 0.1) is 15.3 Å². The Balaban J connectivity index is 1.80. The third-order valence-electron chi connectivity index (χ3n) is 5.28. The van der Waals surface area contributed by atoms with Gasteiger partial charge in [-0.05, 0) is 73.2 Å². The number of aromatic nitrogens is 3. The van der Waals surface area contributed by atoms with Crippen LogP contribution in [-0.4, -0.2) is 53.1 Å². The van der Waals surface area contributed by atoms with E-state index in [1.165, 1.54) is 24.1 Å². The monoisotopic (exact) mass is 630 g/mol. The van der Waals surface area contributed by atoms with Gasteiger partial charge in [-0.1, -0.05) is 19.6 Å². The summed E-state index contributed by atoms with van der Waals surface area (Å²) in [6, 6.07) is 5.11. The number of benzene rings is 1. The molecule has 0 aliphatic heterocycles. The molecule has 1 aromatic carbocycles. The molecule has 7 nitrogen and oxygen atoms in total. The molecule has 0 radical (unpaired) electrons. The predicted molar refractivity (Wildman–Crippen MR) is 147 cm³/mol. The molecule has 0 spiro atoms. The lowest BCUT2D eigenvalue weighted by molar-refractivity contribution is 0.0284. The summed E-state index contributed by atoms with van der Waals surface area (Å²) in [4.78, 5) is 17.8. The van der Waals surface area contributed by atoms with Crippen molar-refractivity contribution in [1.82, 2.24) is 19.7 Å². The fourth-order valence-electron chi connectivity index (χ4n) is 3.44. The normalized spacial score (nSPS) is 12.3. The van der Waals surface area contributed by atoms with Crippen LogP contribution in [0.15, 0.2) is 24.4 Å². The first kappa shape index (κ1) is 28.4. The van der Waals surface area contributed by atoms with Crippen molar-refractivity contribution in [2.75, 3.05) is 13.7 Å². The Hall–Kier alpha value is -2.12. The van der Waals surface area contributed by atoms with E-state index in [2.05, 4.69) is 52.3 Å². The van der Waals surface area contributed by atoms with Crippen LogP contribution in [0.25, 0.3) is 22.2 Å². The van der Waals surface area contributed by atoms with Crippen molar-refractivity contribution < 1.29 is 23.0 Å². The molecule has 0 saturated heterocycles. The molecular formula is C25H33F2IN4O3Si. The summed E-state index contributed by atoms with van der Waals surface area (Å²) in [7, 11) is 0.322. The number of amides is 1. The SMILES string of the molecule is CN(Cc1cc(F)c(-c2cc3c(I)nn(COCC[Si](C)(C)C)c3cn2)c(F)c1)C(=O)OC(C)(C)C. The molecule has 2 aromatic heterocycles. The van der Waals surface area contributed by atoms with E-state index in [9.17, 15) is 4.79 Å².